The van der Waals surface area contributed by atoms with Gasteiger partial charge < -0.3 is 0 Å². The summed E-state index contributed by atoms with van der Waals surface area (Å²) >= 11 is 0. The highest BCUT2D eigenvalue weighted by atomic mass is 32.2. The van der Waals surface area contributed by atoms with Crippen molar-refractivity contribution in [1.82, 2.24) is 4.72 Å². The number of benzene rings is 2. The molecule has 0 bridgehead atoms. The molecular weight excluding hydrogens is 355 g/mol. The zero-order valence-corrected chi connectivity index (χ0v) is 14.5. The van der Waals surface area contributed by atoms with Gasteiger partial charge in [-0.15, -0.1) is 0 Å². The molecule has 0 aliphatic carbocycles. The lowest BCUT2D eigenvalue weighted by Crippen LogP contribution is -2.26. The third kappa shape index (κ3) is 4.60. The minimum absolute atomic E-state index is 0.00591. The van der Waals surface area contributed by atoms with E-state index in [1.165, 1.54) is 31.2 Å². The Balaban J connectivity index is 2.01. The van der Waals surface area contributed by atoms with Crippen LogP contribution in [0.5, 0.6) is 0 Å². The van der Waals surface area contributed by atoms with E-state index in [9.17, 15) is 21.2 Å². The highest BCUT2D eigenvalue weighted by Gasteiger charge is 2.14. The molecule has 2 rings (SSSR count). The number of sulfonamides is 2. The highest BCUT2D eigenvalue weighted by molar-refractivity contribution is 7.89. The van der Waals surface area contributed by atoms with Crippen molar-refractivity contribution in [2.45, 2.75) is 23.1 Å². The second-order valence-electron chi connectivity index (χ2n) is 5.25. The number of nitrogens with one attached hydrogen (secondary N) is 1. The molecular formula is C15H17FN2O4S2. The molecule has 2 aromatic carbocycles. The first kappa shape index (κ1) is 18.5. The number of hydrogen-bond acceptors (Lipinski definition) is 4. The van der Waals surface area contributed by atoms with Crippen LogP contribution in [0.1, 0.15) is 11.1 Å². The predicted octanol–water partition coefficient (Wildman–Crippen LogP) is 1.30. The molecule has 0 spiro atoms. The number of halogens is 1. The summed E-state index contributed by atoms with van der Waals surface area (Å²) in [5, 5.41) is 5.01. The summed E-state index contributed by atoms with van der Waals surface area (Å²) in [6.07, 6.45) is 0.365. The van der Waals surface area contributed by atoms with E-state index in [0.29, 0.717) is 6.42 Å². The molecule has 2 aromatic rings. The van der Waals surface area contributed by atoms with Gasteiger partial charge in [-0.2, -0.15) is 0 Å². The molecule has 0 aromatic heterocycles. The van der Waals surface area contributed by atoms with E-state index >= 15 is 0 Å². The first-order valence-electron chi connectivity index (χ1n) is 6.97. The minimum Gasteiger partial charge on any atom is -0.225 e. The van der Waals surface area contributed by atoms with Gasteiger partial charge in [0.1, 0.15) is 5.82 Å². The molecule has 3 N–H and O–H groups in total. The number of hydrogen-bond donors (Lipinski definition) is 2. The molecule has 130 valence electrons. The van der Waals surface area contributed by atoms with Crippen LogP contribution in [0.15, 0.2) is 52.3 Å². The Labute approximate surface area is 140 Å². The standard InChI is InChI=1S/C15H17FN2O4S2/c1-11-10-14(6-7-15(11)16)24(21,22)18-9-8-12-2-4-13(5-3-12)23(17,19)20/h2-7,10,18H,8-9H2,1H3,(H2,17,19,20). The van der Waals surface area contributed by atoms with Crippen molar-refractivity contribution >= 4 is 20.0 Å². The van der Waals surface area contributed by atoms with Gasteiger partial charge in [-0.3, -0.25) is 0 Å². The second kappa shape index (κ2) is 6.98. The van der Waals surface area contributed by atoms with E-state index in [-0.39, 0.29) is 21.9 Å². The van der Waals surface area contributed by atoms with E-state index < -0.39 is 25.9 Å². The molecule has 0 aliphatic rings. The Morgan fingerprint density at radius 3 is 2.12 bits per heavy atom. The molecule has 24 heavy (non-hydrogen) atoms. The maximum atomic E-state index is 13.2. The summed E-state index contributed by atoms with van der Waals surface area (Å²) in [6.45, 7) is 1.61. The zero-order chi connectivity index (χ0) is 18.0. The van der Waals surface area contributed by atoms with E-state index in [1.807, 2.05) is 0 Å². The van der Waals surface area contributed by atoms with Crippen molar-refractivity contribution in [3.05, 3.63) is 59.4 Å². The van der Waals surface area contributed by atoms with Crippen LogP contribution in [0.25, 0.3) is 0 Å². The molecule has 0 atom stereocenters. The van der Waals surface area contributed by atoms with Crippen LogP contribution in [0.4, 0.5) is 4.39 Å². The van der Waals surface area contributed by atoms with Crippen molar-refractivity contribution in [1.29, 1.82) is 0 Å². The third-order valence-electron chi connectivity index (χ3n) is 3.40. The van der Waals surface area contributed by atoms with Gasteiger partial charge in [0, 0.05) is 6.54 Å². The van der Waals surface area contributed by atoms with Crippen molar-refractivity contribution in [3.63, 3.8) is 0 Å². The van der Waals surface area contributed by atoms with Gasteiger partial charge in [0.05, 0.1) is 9.79 Å². The molecule has 0 radical (unpaired) electrons. The number of primary sulfonamides is 1. The zero-order valence-electron chi connectivity index (χ0n) is 12.9. The van der Waals surface area contributed by atoms with Gasteiger partial charge in [0.25, 0.3) is 0 Å². The normalized spacial score (nSPS) is 12.3. The lowest BCUT2D eigenvalue weighted by Gasteiger charge is -2.08. The van der Waals surface area contributed by atoms with Gasteiger partial charge in [0.15, 0.2) is 0 Å². The van der Waals surface area contributed by atoms with Crippen LogP contribution >= 0.6 is 0 Å². The molecule has 9 heteroatoms. The van der Waals surface area contributed by atoms with Crippen molar-refractivity contribution in [2.75, 3.05) is 6.54 Å². The maximum absolute atomic E-state index is 13.2. The first-order valence-corrected chi connectivity index (χ1v) is 10.00. The van der Waals surface area contributed by atoms with Crippen LogP contribution in [0.2, 0.25) is 0 Å². The van der Waals surface area contributed by atoms with Crippen LogP contribution < -0.4 is 9.86 Å². The quantitative estimate of drug-likeness (QED) is 0.797. The topological polar surface area (TPSA) is 106 Å². The average molecular weight is 372 g/mol. The summed E-state index contributed by atoms with van der Waals surface area (Å²) in [4.78, 5) is -0.0143. The lowest BCUT2D eigenvalue weighted by atomic mass is 10.2. The van der Waals surface area contributed by atoms with Crippen molar-refractivity contribution in [2.24, 2.45) is 5.14 Å². The summed E-state index contributed by atoms with van der Waals surface area (Å²) in [7, 11) is -7.48. The Bertz CT molecular complexity index is 940. The Kier molecular flexibility index (Phi) is 5.38. The second-order valence-corrected chi connectivity index (χ2v) is 8.58. The maximum Gasteiger partial charge on any atom is 0.240 e. The molecule has 0 heterocycles. The van der Waals surface area contributed by atoms with Gasteiger partial charge in [-0.05, 0) is 54.8 Å². The SMILES string of the molecule is Cc1cc(S(=O)(=O)NCCc2ccc(S(N)(=O)=O)cc2)ccc1F. The van der Waals surface area contributed by atoms with Crippen molar-refractivity contribution < 1.29 is 21.2 Å². The number of aryl methyl sites for hydroxylation is 1. The van der Waals surface area contributed by atoms with E-state index in [2.05, 4.69) is 4.72 Å². The van der Waals surface area contributed by atoms with Crippen LogP contribution in [0.3, 0.4) is 0 Å². The summed E-state index contributed by atoms with van der Waals surface area (Å²) in [5.74, 6) is -0.469. The Morgan fingerprint density at radius 1 is 1.00 bits per heavy atom. The minimum atomic E-state index is -3.75. The number of nitrogens with two attached hydrogens (primary N) is 1. The fraction of sp³-hybridized carbons (Fsp3) is 0.200. The van der Waals surface area contributed by atoms with Crippen LogP contribution in [0, 0.1) is 12.7 Å². The molecule has 0 aliphatic heterocycles. The molecule has 0 saturated carbocycles. The summed E-state index contributed by atoms with van der Waals surface area (Å²) in [6, 6.07) is 9.43. The molecule has 0 unspecified atom stereocenters. The third-order valence-corrected chi connectivity index (χ3v) is 5.79. The monoisotopic (exact) mass is 372 g/mol. The van der Waals surface area contributed by atoms with Gasteiger partial charge in [-0.25, -0.2) is 31.1 Å². The van der Waals surface area contributed by atoms with Gasteiger partial charge in [0.2, 0.25) is 20.0 Å². The van der Waals surface area contributed by atoms with Gasteiger partial charge in [-0.1, -0.05) is 12.1 Å². The first-order chi connectivity index (χ1) is 11.1. The summed E-state index contributed by atoms with van der Waals surface area (Å²) < 4.78 is 62.2. The predicted molar refractivity (Wildman–Crippen MR) is 87.8 cm³/mol. The smallest absolute Gasteiger partial charge is 0.225 e. The summed E-state index contributed by atoms with van der Waals surface area (Å²) in [5.41, 5.74) is 0.997. The molecule has 0 amide bonds. The molecule has 0 saturated heterocycles. The average Bonchev–Trinajstić information content (AvgIpc) is 2.49. The van der Waals surface area contributed by atoms with Crippen molar-refractivity contribution in [3.8, 4) is 0 Å². The van der Waals surface area contributed by atoms with E-state index in [1.54, 1.807) is 12.1 Å². The Morgan fingerprint density at radius 2 is 1.58 bits per heavy atom. The fourth-order valence-electron chi connectivity index (χ4n) is 2.04. The van der Waals surface area contributed by atoms with Crippen LogP contribution in [-0.2, 0) is 26.5 Å². The van der Waals surface area contributed by atoms with Crippen LogP contribution in [-0.4, -0.2) is 23.4 Å². The fourth-order valence-corrected chi connectivity index (χ4v) is 3.68. The van der Waals surface area contributed by atoms with Gasteiger partial charge >= 0.3 is 0 Å². The number of rotatable bonds is 6. The highest BCUT2D eigenvalue weighted by Crippen LogP contribution is 2.14. The molecule has 6 nitrogen and oxygen atoms in total. The van der Waals surface area contributed by atoms with E-state index in [0.717, 1.165) is 11.6 Å². The largest absolute Gasteiger partial charge is 0.240 e. The lowest BCUT2D eigenvalue weighted by molar-refractivity contribution is 0.580. The van der Waals surface area contributed by atoms with E-state index in [4.69, 9.17) is 5.14 Å². The molecule has 0 fully saturated rings. The Hall–Kier alpha value is -1.81.